The maximum Gasteiger partial charge on any atom is 0.260 e. The highest BCUT2D eigenvalue weighted by atomic mass is 16.2. The molecular weight excluding hydrogens is 254 g/mol. The van der Waals surface area contributed by atoms with Crippen molar-refractivity contribution in [3.8, 4) is 0 Å². The molecule has 2 N–H and O–H groups in total. The van der Waals surface area contributed by atoms with Crippen molar-refractivity contribution < 1.29 is 4.79 Å². The average molecular weight is 277 g/mol. The number of nitrogens with one attached hydrogen (secondary N) is 2. The largest absolute Gasteiger partial charge is 0.337 e. The fourth-order valence-electron chi connectivity index (χ4n) is 2.61. The molecule has 0 radical (unpaired) electrons. The molecule has 20 heavy (non-hydrogen) atoms. The first-order valence-corrected chi connectivity index (χ1v) is 7.34. The van der Waals surface area contributed by atoms with Crippen molar-refractivity contribution in [1.82, 2.24) is 15.2 Å². The van der Waals surface area contributed by atoms with Crippen LogP contribution in [0.2, 0.25) is 0 Å². The number of aromatic nitrogens is 1. The summed E-state index contributed by atoms with van der Waals surface area (Å²) >= 11 is 0. The van der Waals surface area contributed by atoms with Crippen LogP contribution in [0.4, 0.5) is 0 Å². The van der Waals surface area contributed by atoms with Crippen LogP contribution in [0.15, 0.2) is 16.9 Å². The minimum absolute atomic E-state index is 0.180. The van der Waals surface area contributed by atoms with Crippen LogP contribution in [0.5, 0.6) is 0 Å². The average Bonchev–Trinajstić information content (AvgIpc) is 2.45. The highest BCUT2D eigenvalue weighted by Gasteiger charge is 2.22. The van der Waals surface area contributed by atoms with Gasteiger partial charge in [-0.3, -0.25) is 9.59 Å². The first kappa shape index (κ1) is 14.8. The molecule has 0 bridgehead atoms. The van der Waals surface area contributed by atoms with Gasteiger partial charge in [0.05, 0.1) is 0 Å². The van der Waals surface area contributed by atoms with E-state index in [1.165, 1.54) is 12.8 Å². The van der Waals surface area contributed by atoms with Crippen molar-refractivity contribution in [2.24, 2.45) is 0 Å². The highest BCUT2D eigenvalue weighted by Crippen LogP contribution is 2.10. The van der Waals surface area contributed by atoms with E-state index in [1.807, 2.05) is 6.92 Å². The zero-order valence-corrected chi connectivity index (χ0v) is 12.2. The Balaban J connectivity index is 2.09. The third kappa shape index (κ3) is 3.48. The molecule has 0 aromatic carbocycles. The maximum atomic E-state index is 12.5. The van der Waals surface area contributed by atoms with E-state index in [4.69, 9.17) is 0 Å². The molecule has 1 fully saturated rings. The number of carbonyl (C=O) groups excluding carboxylic acids is 1. The molecule has 1 aromatic heterocycles. The summed E-state index contributed by atoms with van der Waals surface area (Å²) in [4.78, 5) is 28.8. The molecule has 1 aliphatic heterocycles. The number of aromatic amines is 1. The van der Waals surface area contributed by atoms with Gasteiger partial charge in [-0.1, -0.05) is 6.42 Å². The van der Waals surface area contributed by atoms with Gasteiger partial charge in [0.1, 0.15) is 5.56 Å². The molecule has 1 aliphatic rings. The predicted octanol–water partition coefficient (Wildman–Crippen LogP) is 1.29. The third-order valence-electron chi connectivity index (χ3n) is 3.81. The van der Waals surface area contributed by atoms with Gasteiger partial charge in [0.2, 0.25) is 0 Å². The van der Waals surface area contributed by atoms with Crippen LogP contribution in [0.25, 0.3) is 0 Å². The summed E-state index contributed by atoms with van der Waals surface area (Å²) in [6, 6.07) is 3.73. The fraction of sp³-hybridized carbons (Fsp3) is 0.600. The first-order chi connectivity index (χ1) is 9.61. The van der Waals surface area contributed by atoms with Gasteiger partial charge in [-0.2, -0.15) is 0 Å². The second-order valence-electron chi connectivity index (χ2n) is 5.37. The number of nitrogens with zero attached hydrogens (tertiary/aromatic N) is 1. The number of aryl methyl sites for hydroxylation is 1. The van der Waals surface area contributed by atoms with E-state index in [0.29, 0.717) is 19.1 Å². The van der Waals surface area contributed by atoms with Gasteiger partial charge in [-0.25, -0.2) is 0 Å². The number of hydrogen-bond donors (Lipinski definition) is 2. The number of hydrogen-bond acceptors (Lipinski definition) is 3. The minimum atomic E-state index is -0.301. The lowest BCUT2D eigenvalue weighted by Gasteiger charge is -2.29. The van der Waals surface area contributed by atoms with Crippen LogP contribution >= 0.6 is 0 Å². The normalized spacial score (nSPS) is 18.8. The quantitative estimate of drug-likeness (QED) is 0.871. The number of pyridine rings is 1. The van der Waals surface area contributed by atoms with Crippen molar-refractivity contribution in [1.29, 1.82) is 0 Å². The Kier molecular flexibility index (Phi) is 4.95. The Bertz CT molecular complexity index is 518. The summed E-state index contributed by atoms with van der Waals surface area (Å²) < 4.78 is 0. The van der Waals surface area contributed by atoms with Gasteiger partial charge in [-0.05, 0) is 45.4 Å². The van der Waals surface area contributed by atoms with Gasteiger partial charge >= 0.3 is 0 Å². The van der Waals surface area contributed by atoms with Crippen molar-refractivity contribution in [3.05, 3.63) is 33.7 Å². The lowest BCUT2D eigenvalue weighted by molar-refractivity contribution is 0.0739. The Labute approximate surface area is 119 Å². The van der Waals surface area contributed by atoms with Crippen LogP contribution in [0, 0.1) is 6.92 Å². The summed E-state index contributed by atoms with van der Waals surface area (Å²) in [5, 5.41) is 3.43. The lowest BCUT2D eigenvalue weighted by Crippen LogP contribution is -2.46. The standard InChI is InChI=1S/C15H23N3O2/c1-3-18(10-12-6-4-5-9-16-12)15(20)13-8-7-11(2)17-14(13)19/h7-8,12,16H,3-6,9-10H2,1-2H3,(H,17,19). The Morgan fingerprint density at radius 2 is 2.20 bits per heavy atom. The number of piperidine rings is 1. The van der Waals surface area contributed by atoms with Crippen LogP contribution < -0.4 is 10.9 Å². The van der Waals surface area contributed by atoms with Crippen LogP contribution in [0.3, 0.4) is 0 Å². The Hall–Kier alpha value is -1.62. The third-order valence-corrected chi connectivity index (χ3v) is 3.81. The summed E-state index contributed by atoms with van der Waals surface area (Å²) in [5.41, 5.74) is 0.696. The van der Waals surface area contributed by atoms with Crippen molar-refractivity contribution in [2.75, 3.05) is 19.6 Å². The number of carbonyl (C=O) groups is 1. The molecule has 2 heterocycles. The highest BCUT2D eigenvalue weighted by molar-refractivity contribution is 5.93. The van der Waals surface area contributed by atoms with E-state index in [1.54, 1.807) is 24.0 Å². The Morgan fingerprint density at radius 1 is 1.40 bits per heavy atom. The molecule has 1 aromatic rings. The lowest BCUT2D eigenvalue weighted by atomic mass is 10.0. The zero-order valence-electron chi connectivity index (χ0n) is 12.2. The second kappa shape index (κ2) is 6.70. The zero-order chi connectivity index (χ0) is 14.5. The molecule has 2 rings (SSSR count). The SMILES string of the molecule is CCN(CC1CCCCN1)C(=O)c1ccc(C)[nH]c1=O. The van der Waals surface area contributed by atoms with E-state index < -0.39 is 0 Å². The van der Waals surface area contributed by atoms with Gasteiger partial charge in [0.25, 0.3) is 11.5 Å². The van der Waals surface area contributed by atoms with E-state index in [9.17, 15) is 9.59 Å². The molecule has 5 nitrogen and oxygen atoms in total. The molecule has 1 unspecified atom stereocenters. The number of amides is 1. The first-order valence-electron chi connectivity index (χ1n) is 7.34. The number of likely N-dealkylation sites (N-methyl/N-ethyl adjacent to an activating group) is 1. The van der Waals surface area contributed by atoms with E-state index in [0.717, 1.165) is 18.7 Å². The topological polar surface area (TPSA) is 65.2 Å². The molecule has 1 saturated heterocycles. The minimum Gasteiger partial charge on any atom is -0.337 e. The van der Waals surface area contributed by atoms with E-state index in [2.05, 4.69) is 10.3 Å². The number of rotatable bonds is 4. The molecule has 5 heteroatoms. The molecule has 0 spiro atoms. The monoisotopic (exact) mass is 277 g/mol. The predicted molar refractivity (Wildman–Crippen MR) is 79.0 cm³/mol. The van der Waals surface area contributed by atoms with Gasteiger partial charge in [0, 0.05) is 24.8 Å². The summed E-state index contributed by atoms with van der Waals surface area (Å²) in [6.45, 7) is 6.05. The molecule has 1 atom stereocenters. The van der Waals surface area contributed by atoms with Crippen molar-refractivity contribution in [2.45, 2.75) is 39.2 Å². The van der Waals surface area contributed by atoms with E-state index in [-0.39, 0.29) is 17.0 Å². The van der Waals surface area contributed by atoms with Crippen molar-refractivity contribution >= 4 is 5.91 Å². The van der Waals surface area contributed by atoms with Gasteiger partial charge in [0.15, 0.2) is 0 Å². The summed E-state index contributed by atoms with van der Waals surface area (Å²) in [6.07, 6.45) is 3.50. The fourth-order valence-corrected chi connectivity index (χ4v) is 2.61. The van der Waals surface area contributed by atoms with Crippen molar-refractivity contribution in [3.63, 3.8) is 0 Å². The number of H-pyrrole nitrogens is 1. The molecule has 110 valence electrons. The van der Waals surface area contributed by atoms with Crippen LogP contribution in [-0.2, 0) is 0 Å². The second-order valence-corrected chi connectivity index (χ2v) is 5.37. The molecular formula is C15H23N3O2. The summed E-state index contributed by atoms with van der Waals surface area (Å²) in [7, 11) is 0. The van der Waals surface area contributed by atoms with E-state index >= 15 is 0 Å². The Morgan fingerprint density at radius 3 is 2.80 bits per heavy atom. The molecule has 0 saturated carbocycles. The molecule has 1 amide bonds. The van der Waals surface area contributed by atoms with Crippen LogP contribution in [0.1, 0.15) is 42.2 Å². The maximum absolute atomic E-state index is 12.5. The summed E-state index contributed by atoms with van der Waals surface area (Å²) in [5.74, 6) is -0.180. The van der Waals surface area contributed by atoms with Gasteiger partial charge in [-0.15, -0.1) is 0 Å². The van der Waals surface area contributed by atoms with Gasteiger partial charge < -0.3 is 15.2 Å². The van der Waals surface area contributed by atoms with Crippen LogP contribution in [-0.4, -0.2) is 41.5 Å². The molecule has 0 aliphatic carbocycles. The smallest absolute Gasteiger partial charge is 0.260 e.